The molecule has 2 unspecified atom stereocenters. The van der Waals surface area contributed by atoms with Crippen molar-refractivity contribution < 1.29 is 4.39 Å². The van der Waals surface area contributed by atoms with Gasteiger partial charge >= 0.3 is 0 Å². The van der Waals surface area contributed by atoms with E-state index in [0.717, 1.165) is 18.7 Å². The van der Waals surface area contributed by atoms with Crippen LogP contribution in [0.1, 0.15) is 18.9 Å². The zero-order valence-corrected chi connectivity index (χ0v) is 9.86. The summed E-state index contributed by atoms with van der Waals surface area (Å²) in [6, 6.07) is 6.80. The zero-order chi connectivity index (χ0) is 12.4. The normalized spacial score (nSPS) is 23.8. The van der Waals surface area contributed by atoms with Crippen molar-refractivity contribution in [3.05, 3.63) is 29.6 Å². The minimum Gasteiger partial charge on any atom is -0.368 e. The van der Waals surface area contributed by atoms with Gasteiger partial charge in [-0.15, -0.1) is 0 Å². The quantitative estimate of drug-likeness (QED) is 0.848. The summed E-state index contributed by atoms with van der Waals surface area (Å²) >= 11 is 0. The molecule has 1 aromatic carbocycles. The van der Waals surface area contributed by atoms with E-state index in [0.29, 0.717) is 24.1 Å². The molecule has 0 amide bonds. The summed E-state index contributed by atoms with van der Waals surface area (Å²) in [6.45, 7) is 3.60. The minimum absolute atomic E-state index is 0.344. The number of nitriles is 1. The fraction of sp³-hybridized carbons (Fsp3) is 0.462. The molecule has 90 valence electrons. The Morgan fingerprint density at radius 2 is 2.29 bits per heavy atom. The Labute approximate surface area is 101 Å². The van der Waals surface area contributed by atoms with E-state index in [2.05, 4.69) is 11.8 Å². The summed E-state index contributed by atoms with van der Waals surface area (Å²) in [7, 11) is 0. The van der Waals surface area contributed by atoms with E-state index in [1.807, 2.05) is 6.07 Å². The third-order valence-corrected chi connectivity index (χ3v) is 3.34. The molecule has 2 rings (SSSR count). The molecule has 1 aliphatic heterocycles. The van der Waals surface area contributed by atoms with Gasteiger partial charge in [-0.1, -0.05) is 0 Å². The van der Waals surface area contributed by atoms with Crippen molar-refractivity contribution >= 4 is 5.69 Å². The lowest BCUT2D eigenvalue weighted by Crippen LogP contribution is -2.27. The second-order valence-electron chi connectivity index (χ2n) is 4.65. The van der Waals surface area contributed by atoms with E-state index < -0.39 is 0 Å². The number of anilines is 1. The maximum Gasteiger partial charge on any atom is 0.126 e. The van der Waals surface area contributed by atoms with Crippen LogP contribution in [0.15, 0.2) is 18.2 Å². The number of benzene rings is 1. The van der Waals surface area contributed by atoms with Crippen LogP contribution in [0.2, 0.25) is 0 Å². The Bertz CT molecular complexity index is 452. The van der Waals surface area contributed by atoms with Crippen molar-refractivity contribution in [3.8, 4) is 6.07 Å². The smallest absolute Gasteiger partial charge is 0.126 e. The van der Waals surface area contributed by atoms with E-state index in [1.54, 1.807) is 6.07 Å². The van der Waals surface area contributed by atoms with Crippen LogP contribution < -0.4 is 10.6 Å². The molecular weight excluding hydrogens is 217 g/mol. The van der Waals surface area contributed by atoms with E-state index in [4.69, 9.17) is 11.0 Å². The summed E-state index contributed by atoms with van der Waals surface area (Å²) in [4.78, 5) is 2.13. The van der Waals surface area contributed by atoms with Crippen LogP contribution in [-0.2, 0) is 0 Å². The average molecular weight is 233 g/mol. The van der Waals surface area contributed by atoms with Crippen LogP contribution >= 0.6 is 0 Å². The summed E-state index contributed by atoms with van der Waals surface area (Å²) in [5, 5.41) is 8.84. The fourth-order valence-corrected chi connectivity index (χ4v) is 2.48. The molecule has 17 heavy (non-hydrogen) atoms. The van der Waals surface area contributed by atoms with E-state index in [1.165, 1.54) is 12.1 Å². The highest BCUT2D eigenvalue weighted by Crippen LogP contribution is 2.29. The van der Waals surface area contributed by atoms with Gasteiger partial charge in [-0.2, -0.15) is 5.26 Å². The lowest BCUT2D eigenvalue weighted by Gasteiger charge is -2.24. The maximum absolute atomic E-state index is 13.4. The van der Waals surface area contributed by atoms with Crippen LogP contribution in [0.3, 0.4) is 0 Å². The minimum atomic E-state index is -0.359. The Kier molecular flexibility index (Phi) is 3.30. The Morgan fingerprint density at radius 1 is 1.53 bits per heavy atom. The summed E-state index contributed by atoms with van der Waals surface area (Å²) in [6.07, 6.45) is 1.02. The lowest BCUT2D eigenvalue weighted by molar-refractivity contribution is 0.579. The van der Waals surface area contributed by atoms with Gasteiger partial charge in [-0.3, -0.25) is 0 Å². The maximum atomic E-state index is 13.4. The van der Waals surface area contributed by atoms with Gasteiger partial charge in [-0.25, -0.2) is 4.39 Å². The standard InChI is InChI=1S/C13H16FN3/c1-9-2-11(7-16)8-17(9)13-4-10(6-15)3-12(14)5-13/h3-5,9,11H,2,7-8,16H2,1H3. The van der Waals surface area contributed by atoms with Crippen LogP contribution in [0.25, 0.3) is 0 Å². The highest BCUT2D eigenvalue weighted by Gasteiger charge is 2.28. The molecule has 0 radical (unpaired) electrons. The summed E-state index contributed by atoms with van der Waals surface area (Å²) in [5.74, 6) is 0.0984. The monoisotopic (exact) mass is 233 g/mol. The van der Waals surface area contributed by atoms with Crippen LogP contribution in [0.4, 0.5) is 10.1 Å². The Balaban J connectivity index is 2.28. The molecule has 2 N–H and O–H groups in total. The SMILES string of the molecule is CC1CC(CN)CN1c1cc(F)cc(C#N)c1. The van der Waals surface area contributed by atoms with Gasteiger partial charge in [0.15, 0.2) is 0 Å². The molecule has 3 nitrogen and oxygen atoms in total. The molecule has 2 atom stereocenters. The predicted molar refractivity (Wildman–Crippen MR) is 65.1 cm³/mol. The number of halogens is 1. The lowest BCUT2D eigenvalue weighted by atomic mass is 10.1. The predicted octanol–water partition coefficient (Wildman–Crippen LogP) is 1.87. The number of nitrogens with zero attached hydrogens (tertiary/aromatic N) is 2. The highest BCUT2D eigenvalue weighted by atomic mass is 19.1. The number of nitrogens with two attached hydrogens (primary N) is 1. The van der Waals surface area contributed by atoms with Crippen molar-refractivity contribution in [2.45, 2.75) is 19.4 Å². The van der Waals surface area contributed by atoms with Crippen molar-refractivity contribution in [3.63, 3.8) is 0 Å². The van der Waals surface area contributed by atoms with Crippen molar-refractivity contribution in [2.75, 3.05) is 18.0 Å². The van der Waals surface area contributed by atoms with E-state index >= 15 is 0 Å². The topological polar surface area (TPSA) is 53.0 Å². The number of hydrogen-bond acceptors (Lipinski definition) is 3. The van der Waals surface area contributed by atoms with Crippen molar-refractivity contribution in [1.82, 2.24) is 0 Å². The van der Waals surface area contributed by atoms with Gasteiger partial charge in [0.25, 0.3) is 0 Å². The first kappa shape index (κ1) is 11.9. The molecule has 0 spiro atoms. The van der Waals surface area contributed by atoms with E-state index in [-0.39, 0.29) is 5.82 Å². The Hall–Kier alpha value is -1.60. The van der Waals surface area contributed by atoms with Gasteiger partial charge in [-0.05, 0) is 44.0 Å². The number of hydrogen-bond donors (Lipinski definition) is 1. The van der Waals surface area contributed by atoms with Gasteiger partial charge in [0.1, 0.15) is 5.82 Å². The highest BCUT2D eigenvalue weighted by molar-refractivity contribution is 5.53. The second kappa shape index (κ2) is 4.72. The molecule has 0 bridgehead atoms. The first-order valence-corrected chi connectivity index (χ1v) is 5.81. The Morgan fingerprint density at radius 3 is 2.88 bits per heavy atom. The first-order valence-electron chi connectivity index (χ1n) is 5.81. The molecule has 1 aliphatic rings. The van der Waals surface area contributed by atoms with E-state index in [9.17, 15) is 4.39 Å². The summed E-state index contributed by atoms with van der Waals surface area (Å²) < 4.78 is 13.4. The van der Waals surface area contributed by atoms with Crippen molar-refractivity contribution in [1.29, 1.82) is 5.26 Å². The fourth-order valence-electron chi connectivity index (χ4n) is 2.48. The van der Waals surface area contributed by atoms with Gasteiger partial charge < -0.3 is 10.6 Å². The van der Waals surface area contributed by atoms with Gasteiger partial charge in [0.05, 0.1) is 11.6 Å². The largest absolute Gasteiger partial charge is 0.368 e. The molecule has 1 fully saturated rings. The average Bonchev–Trinajstić information content (AvgIpc) is 2.69. The second-order valence-corrected chi connectivity index (χ2v) is 4.65. The molecular formula is C13H16FN3. The molecule has 1 heterocycles. The third-order valence-electron chi connectivity index (χ3n) is 3.34. The molecule has 0 aromatic heterocycles. The van der Waals surface area contributed by atoms with Crippen LogP contribution in [0, 0.1) is 23.1 Å². The zero-order valence-electron chi connectivity index (χ0n) is 9.86. The number of rotatable bonds is 2. The van der Waals surface area contributed by atoms with Crippen LogP contribution in [0.5, 0.6) is 0 Å². The van der Waals surface area contributed by atoms with Gasteiger partial charge in [0.2, 0.25) is 0 Å². The first-order chi connectivity index (χ1) is 8.13. The molecule has 0 aliphatic carbocycles. The molecule has 1 saturated heterocycles. The molecule has 0 saturated carbocycles. The summed E-state index contributed by atoms with van der Waals surface area (Å²) in [5.41, 5.74) is 6.82. The molecule has 4 heteroatoms. The molecule has 1 aromatic rings. The van der Waals surface area contributed by atoms with Crippen molar-refractivity contribution in [2.24, 2.45) is 11.7 Å². The van der Waals surface area contributed by atoms with Crippen LogP contribution in [-0.4, -0.2) is 19.1 Å². The van der Waals surface area contributed by atoms with Gasteiger partial charge in [0, 0.05) is 18.3 Å². The third kappa shape index (κ3) is 2.40.